The van der Waals surface area contributed by atoms with Gasteiger partial charge in [0.15, 0.2) is 12.1 Å². The summed E-state index contributed by atoms with van der Waals surface area (Å²) in [5.41, 5.74) is 2.13. The van der Waals surface area contributed by atoms with Gasteiger partial charge in [-0.25, -0.2) is 9.36 Å². The van der Waals surface area contributed by atoms with Gasteiger partial charge in [-0.2, -0.15) is 10.2 Å². The molecule has 0 amide bonds. The van der Waals surface area contributed by atoms with Gasteiger partial charge in [-0.05, 0) is 41.6 Å². The average Bonchev–Trinajstić information content (AvgIpc) is 3.03. The molecule has 1 aromatic carbocycles. The Labute approximate surface area is 129 Å². The molecular formula is C14H11IN4O. The molecule has 3 rings (SSSR count). The normalized spacial score (nSPS) is 10.7. The van der Waals surface area contributed by atoms with E-state index >= 15 is 0 Å². The van der Waals surface area contributed by atoms with Crippen LogP contribution >= 0.6 is 22.6 Å². The van der Waals surface area contributed by atoms with E-state index in [2.05, 4.69) is 32.8 Å². The Kier molecular flexibility index (Phi) is 3.39. The molecular weight excluding hydrogens is 367 g/mol. The summed E-state index contributed by atoms with van der Waals surface area (Å²) in [7, 11) is 0. The summed E-state index contributed by atoms with van der Waals surface area (Å²) < 4.78 is 4.42. The third kappa shape index (κ3) is 2.15. The molecule has 6 heteroatoms. The topological polar surface area (TPSA) is 52.7 Å². The van der Waals surface area contributed by atoms with Crippen LogP contribution in [0.5, 0.6) is 0 Å². The smallest absolute Gasteiger partial charge is 0.167 e. The first-order valence-corrected chi connectivity index (χ1v) is 7.09. The van der Waals surface area contributed by atoms with Gasteiger partial charge in [0, 0.05) is 6.20 Å². The predicted molar refractivity (Wildman–Crippen MR) is 83.5 cm³/mol. The highest BCUT2D eigenvalue weighted by molar-refractivity contribution is 14.1. The first kappa shape index (κ1) is 13.0. The lowest BCUT2D eigenvalue weighted by molar-refractivity contribution is 0.112. The number of aryl methyl sites for hydroxylation is 1. The minimum Gasteiger partial charge on any atom is -0.298 e. The van der Waals surface area contributed by atoms with Crippen molar-refractivity contribution in [1.82, 2.24) is 19.6 Å². The molecule has 5 nitrogen and oxygen atoms in total. The number of para-hydroxylation sites is 1. The molecule has 0 aliphatic rings. The lowest BCUT2D eigenvalue weighted by Crippen LogP contribution is -2.07. The lowest BCUT2D eigenvalue weighted by atomic mass is 10.2. The van der Waals surface area contributed by atoms with Crippen molar-refractivity contribution in [3.63, 3.8) is 0 Å². The van der Waals surface area contributed by atoms with E-state index < -0.39 is 0 Å². The zero-order chi connectivity index (χ0) is 14.1. The molecule has 2 aromatic heterocycles. The van der Waals surface area contributed by atoms with Crippen molar-refractivity contribution in [1.29, 1.82) is 0 Å². The minimum atomic E-state index is 0.549. The Morgan fingerprint density at radius 3 is 2.60 bits per heavy atom. The van der Waals surface area contributed by atoms with E-state index in [9.17, 15) is 4.79 Å². The van der Waals surface area contributed by atoms with Gasteiger partial charge < -0.3 is 0 Å². The molecule has 100 valence electrons. The molecule has 0 saturated carbocycles. The summed E-state index contributed by atoms with van der Waals surface area (Å²) in [6.45, 7) is 1.82. The predicted octanol–water partition coefficient (Wildman–Crippen LogP) is 2.78. The standard InChI is InChI=1S/C14H11IN4O/c1-10-13(9-20)14(18-8-11(15)7-16-18)19(17-10)12-5-3-2-4-6-12/h2-9H,1H3. The largest absolute Gasteiger partial charge is 0.298 e. The highest BCUT2D eigenvalue weighted by Crippen LogP contribution is 2.21. The SMILES string of the molecule is Cc1nn(-c2ccccc2)c(-n2cc(I)cn2)c1C=O. The van der Waals surface area contributed by atoms with Gasteiger partial charge in [-0.15, -0.1) is 0 Å². The molecule has 0 N–H and O–H groups in total. The second-order valence-corrected chi connectivity index (χ2v) is 5.54. The number of hydrogen-bond donors (Lipinski definition) is 0. The third-order valence-electron chi connectivity index (χ3n) is 2.97. The fraction of sp³-hybridized carbons (Fsp3) is 0.0714. The van der Waals surface area contributed by atoms with Gasteiger partial charge in [-0.3, -0.25) is 4.79 Å². The summed E-state index contributed by atoms with van der Waals surface area (Å²) in [6.07, 6.45) is 4.43. The molecule has 20 heavy (non-hydrogen) atoms. The average molecular weight is 378 g/mol. The van der Waals surface area contributed by atoms with Crippen LogP contribution in [0.15, 0.2) is 42.7 Å². The molecule has 0 spiro atoms. The number of benzene rings is 1. The highest BCUT2D eigenvalue weighted by atomic mass is 127. The first-order valence-electron chi connectivity index (χ1n) is 6.01. The molecule has 0 unspecified atom stereocenters. The zero-order valence-corrected chi connectivity index (χ0v) is 12.9. The van der Waals surface area contributed by atoms with E-state index in [0.717, 1.165) is 15.5 Å². The molecule has 0 aliphatic carbocycles. The molecule has 0 fully saturated rings. The van der Waals surface area contributed by atoms with Gasteiger partial charge >= 0.3 is 0 Å². The Morgan fingerprint density at radius 2 is 2.00 bits per heavy atom. The summed E-state index contributed by atoms with van der Waals surface area (Å²) in [4.78, 5) is 11.4. The maximum atomic E-state index is 11.4. The van der Waals surface area contributed by atoms with Crippen molar-refractivity contribution >= 4 is 28.9 Å². The summed E-state index contributed by atoms with van der Waals surface area (Å²) in [5.74, 6) is 0.659. The van der Waals surface area contributed by atoms with Gasteiger partial charge in [0.05, 0.1) is 26.7 Å². The van der Waals surface area contributed by atoms with Gasteiger partial charge in [0.25, 0.3) is 0 Å². The van der Waals surface area contributed by atoms with Gasteiger partial charge in [0.2, 0.25) is 0 Å². The van der Waals surface area contributed by atoms with E-state index in [4.69, 9.17) is 0 Å². The molecule has 0 bridgehead atoms. The van der Waals surface area contributed by atoms with Gasteiger partial charge in [-0.1, -0.05) is 18.2 Å². The Balaban J connectivity index is 2.28. The number of aromatic nitrogens is 4. The quantitative estimate of drug-likeness (QED) is 0.520. The van der Waals surface area contributed by atoms with Crippen LogP contribution in [0.3, 0.4) is 0 Å². The monoisotopic (exact) mass is 378 g/mol. The number of carbonyl (C=O) groups is 1. The van der Waals surface area contributed by atoms with Crippen LogP contribution in [0.1, 0.15) is 16.1 Å². The second kappa shape index (κ2) is 5.20. The molecule has 3 aromatic rings. The number of halogens is 1. The number of nitrogens with zero attached hydrogens (tertiary/aromatic N) is 4. The maximum Gasteiger partial charge on any atom is 0.167 e. The number of rotatable bonds is 3. The van der Waals surface area contributed by atoms with Crippen LogP contribution in [-0.2, 0) is 0 Å². The maximum absolute atomic E-state index is 11.4. The molecule has 0 atom stereocenters. The highest BCUT2D eigenvalue weighted by Gasteiger charge is 2.18. The minimum absolute atomic E-state index is 0.549. The Bertz CT molecular complexity index is 761. The van der Waals surface area contributed by atoms with E-state index in [1.807, 2.05) is 43.5 Å². The number of aldehydes is 1. The molecule has 0 radical (unpaired) electrons. The third-order valence-corrected chi connectivity index (χ3v) is 3.53. The van der Waals surface area contributed by atoms with Crippen LogP contribution in [0.25, 0.3) is 11.5 Å². The summed E-state index contributed by atoms with van der Waals surface area (Å²) in [5, 5.41) is 8.74. The van der Waals surface area contributed by atoms with E-state index in [-0.39, 0.29) is 0 Å². The van der Waals surface area contributed by atoms with Crippen LogP contribution in [0, 0.1) is 10.5 Å². The van der Waals surface area contributed by atoms with Crippen LogP contribution in [0.2, 0.25) is 0 Å². The Hall–Kier alpha value is -1.96. The second-order valence-electron chi connectivity index (χ2n) is 4.29. The fourth-order valence-corrected chi connectivity index (χ4v) is 2.44. The number of carbonyl (C=O) groups excluding carboxylic acids is 1. The molecule has 0 aliphatic heterocycles. The first-order chi connectivity index (χ1) is 9.70. The van der Waals surface area contributed by atoms with Crippen molar-refractivity contribution in [2.45, 2.75) is 6.92 Å². The van der Waals surface area contributed by atoms with Crippen molar-refractivity contribution < 1.29 is 4.79 Å². The van der Waals surface area contributed by atoms with Crippen LogP contribution in [-0.4, -0.2) is 25.8 Å². The van der Waals surface area contributed by atoms with Crippen molar-refractivity contribution in [2.24, 2.45) is 0 Å². The lowest BCUT2D eigenvalue weighted by Gasteiger charge is -2.07. The van der Waals surface area contributed by atoms with E-state index in [1.165, 1.54) is 0 Å². The van der Waals surface area contributed by atoms with Crippen molar-refractivity contribution in [3.05, 3.63) is 57.6 Å². The van der Waals surface area contributed by atoms with Crippen LogP contribution < -0.4 is 0 Å². The number of hydrogen-bond acceptors (Lipinski definition) is 3. The summed E-state index contributed by atoms with van der Waals surface area (Å²) >= 11 is 2.18. The summed E-state index contributed by atoms with van der Waals surface area (Å²) in [6, 6.07) is 9.70. The zero-order valence-electron chi connectivity index (χ0n) is 10.7. The molecule has 2 heterocycles. The van der Waals surface area contributed by atoms with Gasteiger partial charge in [0.1, 0.15) is 0 Å². The van der Waals surface area contributed by atoms with Crippen molar-refractivity contribution in [3.8, 4) is 11.5 Å². The fourth-order valence-electron chi connectivity index (χ4n) is 2.05. The van der Waals surface area contributed by atoms with E-state index in [0.29, 0.717) is 17.1 Å². The molecule has 0 saturated heterocycles. The van der Waals surface area contributed by atoms with Crippen LogP contribution in [0.4, 0.5) is 0 Å². The van der Waals surface area contributed by atoms with E-state index in [1.54, 1.807) is 15.6 Å². The van der Waals surface area contributed by atoms with Crippen molar-refractivity contribution in [2.75, 3.05) is 0 Å². The Morgan fingerprint density at radius 1 is 1.25 bits per heavy atom.